The van der Waals surface area contributed by atoms with Crippen molar-refractivity contribution in [3.05, 3.63) is 29.3 Å². The van der Waals surface area contributed by atoms with Crippen molar-refractivity contribution in [2.24, 2.45) is 0 Å². The number of hydrogen-bond donors (Lipinski definition) is 2. The quantitative estimate of drug-likeness (QED) is 0.0500. The number of benzene rings is 1. The van der Waals surface area contributed by atoms with Gasteiger partial charge in [-0.25, -0.2) is 0 Å². The van der Waals surface area contributed by atoms with Crippen molar-refractivity contribution in [3.63, 3.8) is 0 Å². The van der Waals surface area contributed by atoms with E-state index in [1.807, 2.05) is 12.1 Å². The molecule has 0 saturated carbocycles. The van der Waals surface area contributed by atoms with Gasteiger partial charge < -0.3 is 27.9 Å². The van der Waals surface area contributed by atoms with E-state index < -0.39 is 17.2 Å². The number of unbranched alkanes of at least 4 members (excludes halogenated alkanes) is 45. The molecule has 76 heavy (non-hydrogen) atoms. The van der Waals surface area contributed by atoms with E-state index in [2.05, 4.69) is 68.4 Å². The van der Waals surface area contributed by atoms with Crippen LogP contribution in [0.25, 0.3) is 0 Å². The Kier molecular flexibility index (Phi) is 56.3. The fourth-order valence-corrected chi connectivity index (χ4v) is 11.6. The van der Waals surface area contributed by atoms with E-state index >= 15 is 0 Å². The first-order valence-electron chi connectivity index (χ1n) is 33.6. The summed E-state index contributed by atoms with van der Waals surface area (Å²) in [5, 5.41) is 0. The van der Waals surface area contributed by atoms with E-state index in [1.54, 1.807) is 0 Å². The van der Waals surface area contributed by atoms with E-state index in [-0.39, 0.29) is 10.8 Å². The van der Waals surface area contributed by atoms with Crippen LogP contribution in [0.2, 0.25) is 0 Å². The molecule has 0 spiro atoms. The molecule has 6 nitrogen and oxygen atoms in total. The SMILES string of the molecule is CC(C)(C)c1ccc(OP(O)O)c(C(C)(C)C)c1.CCCCCCCCCCCCCCCCCCOP(OCCCCCCCCCCCCCCCCCC)OCCCCCCCCCCCCCCCCCC. The summed E-state index contributed by atoms with van der Waals surface area (Å²) >= 11 is 0. The van der Waals surface area contributed by atoms with Crippen LogP contribution in [0.1, 0.15) is 382 Å². The molecule has 452 valence electrons. The van der Waals surface area contributed by atoms with Gasteiger partial charge in [0.25, 0.3) is 0 Å². The summed E-state index contributed by atoms with van der Waals surface area (Å²) in [6.45, 7) is 22.0. The van der Waals surface area contributed by atoms with Crippen molar-refractivity contribution in [1.29, 1.82) is 0 Å². The summed E-state index contributed by atoms with van der Waals surface area (Å²) in [6.07, 6.45) is 67.2. The van der Waals surface area contributed by atoms with Crippen LogP contribution >= 0.6 is 17.2 Å². The summed E-state index contributed by atoms with van der Waals surface area (Å²) in [6, 6.07) is 5.89. The predicted molar refractivity (Wildman–Crippen MR) is 339 cm³/mol. The zero-order valence-electron chi connectivity index (χ0n) is 52.7. The molecular weight excluding hydrogens is 975 g/mol. The van der Waals surface area contributed by atoms with Gasteiger partial charge in [-0.05, 0) is 41.7 Å². The lowest BCUT2D eigenvalue weighted by Gasteiger charge is -2.27. The lowest BCUT2D eigenvalue weighted by molar-refractivity contribution is 0.153. The molecule has 0 radical (unpaired) electrons. The smallest absolute Gasteiger partial charge is 0.391 e. The highest BCUT2D eigenvalue weighted by Crippen LogP contribution is 2.41. The van der Waals surface area contributed by atoms with Gasteiger partial charge in [0.1, 0.15) is 5.75 Å². The molecule has 0 fully saturated rings. The molecule has 1 rings (SSSR count). The highest BCUT2D eigenvalue weighted by atomic mass is 31.2. The van der Waals surface area contributed by atoms with Gasteiger partial charge in [-0.15, -0.1) is 0 Å². The monoisotopic (exact) mass is 1110 g/mol. The van der Waals surface area contributed by atoms with Crippen LogP contribution in [0, 0.1) is 0 Å². The second-order valence-corrected chi connectivity index (χ2v) is 27.1. The average Bonchev–Trinajstić information content (AvgIpc) is 3.38. The third-order valence-electron chi connectivity index (χ3n) is 15.4. The summed E-state index contributed by atoms with van der Waals surface area (Å²) in [4.78, 5) is 18.0. The van der Waals surface area contributed by atoms with Crippen LogP contribution in [-0.2, 0) is 24.4 Å². The Balaban J connectivity index is 0.00000261. The van der Waals surface area contributed by atoms with Gasteiger partial charge in [0.2, 0.25) is 0 Å². The Morgan fingerprint density at radius 2 is 0.539 bits per heavy atom. The molecule has 0 unspecified atom stereocenters. The molecule has 1 aromatic rings. The van der Waals surface area contributed by atoms with Gasteiger partial charge in [-0.1, -0.05) is 363 Å². The van der Waals surface area contributed by atoms with E-state index in [9.17, 15) is 0 Å². The van der Waals surface area contributed by atoms with Crippen molar-refractivity contribution in [2.75, 3.05) is 19.8 Å². The zero-order chi connectivity index (χ0) is 55.9. The molecule has 0 atom stereocenters. The van der Waals surface area contributed by atoms with Crippen molar-refractivity contribution in [3.8, 4) is 5.75 Å². The summed E-state index contributed by atoms with van der Waals surface area (Å²) in [5.74, 6) is 0.548. The van der Waals surface area contributed by atoms with Crippen LogP contribution < -0.4 is 4.52 Å². The van der Waals surface area contributed by atoms with Crippen LogP contribution in [-0.4, -0.2) is 29.6 Å². The van der Waals surface area contributed by atoms with Crippen molar-refractivity contribution < 1.29 is 27.9 Å². The maximum atomic E-state index is 9.02. The van der Waals surface area contributed by atoms with Gasteiger partial charge in [0, 0.05) is 5.56 Å². The minimum Gasteiger partial charge on any atom is -0.427 e. The first-order valence-corrected chi connectivity index (χ1v) is 35.8. The lowest BCUT2D eigenvalue weighted by Crippen LogP contribution is -2.17. The second kappa shape index (κ2) is 56.5. The number of hydrogen-bond acceptors (Lipinski definition) is 6. The van der Waals surface area contributed by atoms with Gasteiger partial charge in [0.15, 0.2) is 0 Å². The van der Waals surface area contributed by atoms with Crippen LogP contribution in [0.5, 0.6) is 5.75 Å². The van der Waals surface area contributed by atoms with Crippen molar-refractivity contribution in [1.82, 2.24) is 0 Å². The van der Waals surface area contributed by atoms with E-state index in [1.165, 1.54) is 295 Å². The first-order chi connectivity index (χ1) is 36.9. The molecule has 0 aliphatic carbocycles. The maximum Gasteiger partial charge on any atom is 0.391 e. The largest absolute Gasteiger partial charge is 0.427 e. The molecule has 0 amide bonds. The van der Waals surface area contributed by atoms with Crippen LogP contribution in [0.3, 0.4) is 0 Å². The Morgan fingerprint density at radius 1 is 0.316 bits per heavy atom. The highest BCUT2D eigenvalue weighted by molar-refractivity contribution is 7.41. The maximum absolute atomic E-state index is 9.02. The van der Waals surface area contributed by atoms with Crippen LogP contribution in [0.4, 0.5) is 0 Å². The number of rotatable bonds is 56. The van der Waals surface area contributed by atoms with Gasteiger partial charge >= 0.3 is 17.2 Å². The standard InChI is InChI=1S/C54H111O3P.C14H23O3P/c1-4-7-10-13-16-19-22-25-28-31-34-37-40-43-46-49-52-55-58(56-53-50-47-44-41-38-35-32-29-26-23-20-17-14-11-8-5-2)57-54-51-48-45-42-39-36-33-30-27-24-21-18-15-12-9-6-3;1-13(2,3)10-7-8-12(17-18(15)16)11(9-10)14(4,5)6/h4-54H2,1-3H3;7-9,15-16H,1-6H3. The molecule has 0 aromatic heterocycles. The topological polar surface area (TPSA) is 77.4 Å². The molecule has 0 aliphatic rings. The van der Waals surface area contributed by atoms with Gasteiger partial charge in [-0.2, -0.15) is 0 Å². The normalized spacial score (nSPS) is 12.1. The molecule has 0 heterocycles. The highest BCUT2D eigenvalue weighted by Gasteiger charge is 2.24. The van der Waals surface area contributed by atoms with E-state index in [0.29, 0.717) is 5.75 Å². The lowest BCUT2D eigenvalue weighted by atomic mass is 9.80. The Morgan fingerprint density at radius 3 is 0.737 bits per heavy atom. The fourth-order valence-electron chi connectivity index (χ4n) is 10.2. The Labute approximate surface area is 479 Å². The van der Waals surface area contributed by atoms with E-state index in [0.717, 1.165) is 44.6 Å². The molecule has 8 heteroatoms. The van der Waals surface area contributed by atoms with Crippen molar-refractivity contribution in [2.45, 2.75) is 381 Å². The van der Waals surface area contributed by atoms with E-state index in [4.69, 9.17) is 27.9 Å². The second-order valence-electron chi connectivity index (χ2n) is 25.2. The minimum atomic E-state index is -2.38. The summed E-state index contributed by atoms with van der Waals surface area (Å²) in [7, 11) is -3.57. The molecule has 0 saturated heterocycles. The molecular formula is C68H134O6P2. The van der Waals surface area contributed by atoms with Crippen molar-refractivity contribution >= 4 is 17.2 Å². The Bertz CT molecular complexity index is 1210. The first kappa shape index (κ1) is 75.7. The third kappa shape index (κ3) is 53.0. The zero-order valence-corrected chi connectivity index (χ0v) is 54.5. The van der Waals surface area contributed by atoms with Gasteiger partial charge in [-0.3, -0.25) is 0 Å². The molecule has 2 N–H and O–H groups in total. The average molecular weight is 1110 g/mol. The van der Waals surface area contributed by atoms with Gasteiger partial charge in [0.05, 0.1) is 19.8 Å². The predicted octanol–water partition coefficient (Wildman–Crippen LogP) is 24.9. The minimum absolute atomic E-state index is 0.0572. The molecule has 0 aliphatic heterocycles. The van der Waals surface area contributed by atoms with Crippen LogP contribution in [0.15, 0.2) is 18.2 Å². The summed E-state index contributed by atoms with van der Waals surface area (Å²) in [5.41, 5.74) is 2.15. The molecule has 0 bridgehead atoms. The molecule has 1 aromatic carbocycles. The third-order valence-corrected chi connectivity index (χ3v) is 17.0. The Hall–Kier alpha value is -0.320. The summed E-state index contributed by atoms with van der Waals surface area (Å²) < 4.78 is 23.8. The fraction of sp³-hybridized carbons (Fsp3) is 0.912.